The monoisotopic (exact) mass is 203 g/mol. The minimum atomic E-state index is -0.584. The molecular formula is C12H10FNO. The van der Waals surface area contributed by atoms with Gasteiger partial charge in [0.2, 0.25) is 0 Å². The highest BCUT2D eigenvalue weighted by Gasteiger charge is 2.10. The van der Waals surface area contributed by atoms with Crippen LogP contribution in [0.4, 0.5) is 4.39 Å². The van der Waals surface area contributed by atoms with E-state index in [1.807, 2.05) is 30.3 Å². The lowest BCUT2D eigenvalue weighted by Gasteiger charge is -2.08. The number of halogens is 1. The number of aromatic nitrogens is 1. The molecule has 2 nitrogen and oxygen atoms in total. The van der Waals surface area contributed by atoms with Gasteiger partial charge < -0.3 is 4.74 Å². The number of nitrogens with zero attached hydrogens (tertiary/aromatic N) is 1. The Morgan fingerprint density at radius 3 is 2.53 bits per heavy atom. The van der Waals surface area contributed by atoms with Gasteiger partial charge in [0.05, 0.1) is 7.11 Å². The van der Waals surface area contributed by atoms with Crippen molar-refractivity contribution in [2.45, 2.75) is 0 Å². The van der Waals surface area contributed by atoms with E-state index in [1.165, 1.54) is 13.3 Å². The van der Waals surface area contributed by atoms with Crippen LogP contribution in [0, 0.1) is 5.95 Å². The van der Waals surface area contributed by atoms with Gasteiger partial charge in [-0.3, -0.25) is 0 Å². The van der Waals surface area contributed by atoms with Gasteiger partial charge in [0.15, 0.2) is 5.75 Å². The second kappa shape index (κ2) is 4.09. The van der Waals surface area contributed by atoms with Crippen LogP contribution in [0.25, 0.3) is 11.1 Å². The molecule has 0 saturated heterocycles. The molecule has 1 aromatic carbocycles. The second-order valence-corrected chi connectivity index (χ2v) is 3.05. The summed E-state index contributed by atoms with van der Waals surface area (Å²) in [6.45, 7) is 0. The number of hydrogen-bond acceptors (Lipinski definition) is 2. The molecule has 1 aromatic heterocycles. The van der Waals surface area contributed by atoms with Crippen LogP contribution in [0.15, 0.2) is 42.6 Å². The summed E-state index contributed by atoms with van der Waals surface area (Å²) in [7, 11) is 1.44. The molecule has 0 amide bonds. The van der Waals surface area contributed by atoms with Crippen LogP contribution in [0.5, 0.6) is 5.75 Å². The van der Waals surface area contributed by atoms with Gasteiger partial charge in [0.25, 0.3) is 5.95 Å². The summed E-state index contributed by atoms with van der Waals surface area (Å²) >= 11 is 0. The van der Waals surface area contributed by atoms with Crippen LogP contribution in [0.2, 0.25) is 0 Å². The highest BCUT2D eigenvalue weighted by Crippen LogP contribution is 2.30. The van der Waals surface area contributed by atoms with Crippen LogP contribution in [0.3, 0.4) is 0 Å². The van der Waals surface area contributed by atoms with Gasteiger partial charge in [-0.2, -0.15) is 4.39 Å². The second-order valence-electron chi connectivity index (χ2n) is 3.05. The van der Waals surface area contributed by atoms with Crippen molar-refractivity contribution in [2.24, 2.45) is 0 Å². The molecule has 0 fully saturated rings. The third kappa shape index (κ3) is 1.81. The molecule has 0 atom stereocenters. The predicted octanol–water partition coefficient (Wildman–Crippen LogP) is 2.90. The molecular weight excluding hydrogens is 193 g/mol. The number of rotatable bonds is 2. The lowest BCUT2D eigenvalue weighted by atomic mass is 10.1. The number of pyridine rings is 1. The normalized spacial score (nSPS) is 10.0. The van der Waals surface area contributed by atoms with Crippen LogP contribution < -0.4 is 4.74 Å². The molecule has 0 aliphatic rings. The van der Waals surface area contributed by atoms with Gasteiger partial charge in [-0.1, -0.05) is 30.3 Å². The van der Waals surface area contributed by atoms with Crippen LogP contribution in [-0.2, 0) is 0 Å². The molecule has 0 spiro atoms. The summed E-state index contributed by atoms with van der Waals surface area (Å²) < 4.78 is 18.3. The first-order chi connectivity index (χ1) is 7.33. The first-order valence-corrected chi connectivity index (χ1v) is 4.57. The average molecular weight is 203 g/mol. The fraction of sp³-hybridized carbons (Fsp3) is 0.0833. The average Bonchev–Trinajstić information content (AvgIpc) is 2.30. The highest BCUT2D eigenvalue weighted by molar-refractivity contribution is 5.69. The Morgan fingerprint density at radius 1 is 1.13 bits per heavy atom. The fourth-order valence-corrected chi connectivity index (χ4v) is 1.46. The maximum Gasteiger partial charge on any atom is 0.255 e. The number of methoxy groups -OCH3 is 1. The van der Waals surface area contributed by atoms with Crippen molar-refractivity contribution in [3.05, 3.63) is 48.5 Å². The SMILES string of the molecule is COc1c(-c2ccccc2)ccnc1F. The summed E-state index contributed by atoms with van der Waals surface area (Å²) in [6.07, 6.45) is 1.43. The Bertz CT molecular complexity index is 456. The maximum absolute atomic E-state index is 13.3. The molecule has 1 heterocycles. The quantitative estimate of drug-likeness (QED) is 0.700. The van der Waals surface area contributed by atoms with E-state index in [2.05, 4.69) is 4.98 Å². The van der Waals surface area contributed by atoms with Crippen molar-refractivity contribution in [3.63, 3.8) is 0 Å². The molecule has 3 heteroatoms. The molecule has 15 heavy (non-hydrogen) atoms. The fourth-order valence-electron chi connectivity index (χ4n) is 1.46. The van der Waals surface area contributed by atoms with E-state index in [9.17, 15) is 4.39 Å². The van der Waals surface area contributed by atoms with Gasteiger partial charge >= 0.3 is 0 Å². The van der Waals surface area contributed by atoms with Crippen molar-refractivity contribution in [2.75, 3.05) is 7.11 Å². The topological polar surface area (TPSA) is 22.1 Å². The van der Waals surface area contributed by atoms with E-state index in [-0.39, 0.29) is 5.75 Å². The third-order valence-electron chi connectivity index (χ3n) is 2.15. The molecule has 0 N–H and O–H groups in total. The minimum absolute atomic E-state index is 0.184. The van der Waals surface area contributed by atoms with Crippen molar-refractivity contribution < 1.29 is 9.13 Å². The van der Waals surface area contributed by atoms with E-state index < -0.39 is 5.95 Å². The van der Waals surface area contributed by atoms with Crippen molar-refractivity contribution in [1.29, 1.82) is 0 Å². The lowest BCUT2D eigenvalue weighted by molar-refractivity contribution is 0.379. The van der Waals surface area contributed by atoms with Crippen molar-refractivity contribution >= 4 is 0 Å². The predicted molar refractivity (Wildman–Crippen MR) is 56.2 cm³/mol. The van der Waals surface area contributed by atoms with E-state index in [4.69, 9.17) is 4.74 Å². The molecule has 0 radical (unpaired) electrons. The van der Waals surface area contributed by atoms with Crippen LogP contribution >= 0.6 is 0 Å². The zero-order valence-electron chi connectivity index (χ0n) is 8.27. The summed E-state index contributed by atoms with van der Waals surface area (Å²) in [5, 5.41) is 0. The summed E-state index contributed by atoms with van der Waals surface area (Å²) in [6, 6.07) is 11.2. The Kier molecular flexibility index (Phi) is 2.63. The largest absolute Gasteiger partial charge is 0.491 e. The number of hydrogen-bond donors (Lipinski definition) is 0. The molecule has 2 aromatic rings. The standard InChI is InChI=1S/C12H10FNO/c1-15-11-10(7-8-14-12(11)13)9-5-3-2-4-6-9/h2-8H,1H3. The van der Waals surface area contributed by atoms with Crippen LogP contribution in [-0.4, -0.2) is 12.1 Å². The van der Waals surface area contributed by atoms with Gasteiger partial charge in [0.1, 0.15) is 0 Å². The zero-order valence-corrected chi connectivity index (χ0v) is 8.27. The van der Waals surface area contributed by atoms with E-state index in [1.54, 1.807) is 6.07 Å². The molecule has 2 rings (SSSR count). The molecule has 76 valence electrons. The summed E-state index contributed by atoms with van der Waals surface area (Å²) in [5.41, 5.74) is 1.63. The Balaban J connectivity index is 2.58. The Hall–Kier alpha value is -1.90. The first-order valence-electron chi connectivity index (χ1n) is 4.57. The van der Waals surface area contributed by atoms with Crippen LogP contribution in [0.1, 0.15) is 0 Å². The number of benzene rings is 1. The Morgan fingerprint density at radius 2 is 1.87 bits per heavy atom. The summed E-state index contributed by atoms with van der Waals surface area (Å²) in [4.78, 5) is 3.54. The van der Waals surface area contributed by atoms with Crippen molar-refractivity contribution in [3.8, 4) is 16.9 Å². The highest BCUT2D eigenvalue weighted by atomic mass is 19.1. The lowest BCUT2D eigenvalue weighted by Crippen LogP contribution is -1.94. The van der Waals surface area contributed by atoms with E-state index >= 15 is 0 Å². The zero-order chi connectivity index (χ0) is 10.7. The summed E-state index contributed by atoms with van der Waals surface area (Å²) in [5.74, 6) is -0.400. The molecule has 0 aliphatic heterocycles. The number of ether oxygens (including phenoxy) is 1. The minimum Gasteiger partial charge on any atom is -0.491 e. The smallest absolute Gasteiger partial charge is 0.255 e. The van der Waals surface area contributed by atoms with Crippen molar-refractivity contribution in [1.82, 2.24) is 4.98 Å². The van der Waals surface area contributed by atoms with E-state index in [0.29, 0.717) is 5.56 Å². The van der Waals surface area contributed by atoms with E-state index in [0.717, 1.165) is 5.56 Å². The van der Waals surface area contributed by atoms with Gasteiger partial charge in [-0.05, 0) is 11.6 Å². The maximum atomic E-state index is 13.3. The third-order valence-corrected chi connectivity index (χ3v) is 2.15. The van der Waals surface area contributed by atoms with Gasteiger partial charge in [-0.25, -0.2) is 4.98 Å². The molecule has 0 unspecified atom stereocenters. The molecule has 0 saturated carbocycles. The molecule has 0 aliphatic carbocycles. The first kappa shape index (κ1) is 9.65. The Labute approximate surface area is 87.4 Å². The molecule has 0 bridgehead atoms. The van der Waals surface area contributed by atoms with Gasteiger partial charge in [0, 0.05) is 11.8 Å². The van der Waals surface area contributed by atoms with Gasteiger partial charge in [-0.15, -0.1) is 0 Å².